The molecule has 2 aromatic heterocycles. The van der Waals surface area contributed by atoms with Gasteiger partial charge in [0, 0.05) is 44.0 Å². The normalized spacial score (nSPS) is 18.4. The Kier molecular flexibility index (Phi) is 4.51. The smallest absolute Gasteiger partial charge is 0.222 e. The molecule has 2 aromatic rings. The Morgan fingerprint density at radius 3 is 3.00 bits per heavy atom. The van der Waals surface area contributed by atoms with Crippen LogP contribution in [0.3, 0.4) is 0 Å². The predicted molar refractivity (Wildman–Crippen MR) is 84.4 cm³/mol. The molecule has 0 N–H and O–H groups in total. The predicted octanol–water partition coefficient (Wildman–Crippen LogP) is 2.44. The molecule has 0 aliphatic carbocycles. The molecule has 5 heteroatoms. The number of nitrogens with zero attached hydrogens (tertiary/aromatic N) is 4. The Hall–Kier alpha value is -2.17. The number of imidazole rings is 1. The highest BCUT2D eigenvalue weighted by Gasteiger charge is 2.26. The summed E-state index contributed by atoms with van der Waals surface area (Å²) in [5.74, 6) is 1.63. The van der Waals surface area contributed by atoms with E-state index in [-0.39, 0.29) is 5.91 Å². The van der Waals surface area contributed by atoms with E-state index in [0.717, 1.165) is 44.0 Å². The molecule has 116 valence electrons. The van der Waals surface area contributed by atoms with Crippen molar-refractivity contribution in [2.24, 2.45) is 0 Å². The number of carbonyl (C=O) groups excluding carboxylic acids is 1. The Morgan fingerprint density at radius 2 is 2.23 bits per heavy atom. The van der Waals surface area contributed by atoms with Crippen LogP contribution in [0, 0.1) is 0 Å². The standard InChI is InChI=1S/C17H22N4O/c1-2-16(22)20-10-5-6-14(12-20)17-19-9-11-21(17)13-15-7-3-4-8-18-15/h3-4,7-9,11,14H,2,5-6,10,12-13H2,1H3/t14-/m0/s1. The van der Waals surface area contributed by atoms with Crippen molar-refractivity contribution in [2.45, 2.75) is 38.6 Å². The summed E-state index contributed by atoms with van der Waals surface area (Å²) in [5.41, 5.74) is 1.03. The van der Waals surface area contributed by atoms with Crippen LogP contribution >= 0.6 is 0 Å². The molecule has 0 unspecified atom stereocenters. The molecule has 3 heterocycles. The van der Waals surface area contributed by atoms with E-state index >= 15 is 0 Å². The van der Waals surface area contributed by atoms with Gasteiger partial charge in [0.05, 0.1) is 12.2 Å². The minimum absolute atomic E-state index is 0.243. The van der Waals surface area contributed by atoms with Crippen molar-refractivity contribution >= 4 is 5.91 Å². The van der Waals surface area contributed by atoms with Gasteiger partial charge in [-0.15, -0.1) is 0 Å². The van der Waals surface area contributed by atoms with Crippen molar-refractivity contribution in [3.8, 4) is 0 Å². The number of hydrogen-bond donors (Lipinski definition) is 0. The van der Waals surface area contributed by atoms with Gasteiger partial charge in [0.15, 0.2) is 0 Å². The lowest BCUT2D eigenvalue weighted by atomic mass is 9.97. The fraction of sp³-hybridized carbons (Fsp3) is 0.471. The Morgan fingerprint density at radius 1 is 1.32 bits per heavy atom. The van der Waals surface area contributed by atoms with Gasteiger partial charge in [-0.3, -0.25) is 9.78 Å². The second-order valence-electron chi connectivity index (χ2n) is 5.77. The van der Waals surface area contributed by atoms with Gasteiger partial charge < -0.3 is 9.47 Å². The van der Waals surface area contributed by atoms with Gasteiger partial charge >= 0.3 is 0 Å². The van der Waals surface area contributed by atoms with E-state index in [1.54, 1.807) is 0 Å². The maximum atomic E-state index is 11.9. The third kappa shape index (κ3) is 3.18. The van der Waals surface area contributed by atoms with Crippen LogP contribution in [0.1, 0.15) is 43.6 Å². The summed E-state index contributed by atoms with van der Waals surface area (Å²) in [6, 6.07) is 5.95. The average Bonchev–Trinajstić information content (AvgIpc) is 3.03. The summed E-state index contributed by atoms with van der Waals surface area (Å²) in [6.45, 7) is 4.32. The molecule has 1 atom stereocenters. The molecule has 0 spiro atoms. The molecule has 1 aliphatic rings. The largest absolute Gasteiger partial charge is 0.342 e. The zero-order chi connectivity index (χ0) is 15.4. The van der Waals surface area contributed by atoms with Crippen molar-refractivity contribution in [1.29, 1.82) is 0 Å². The van der Waals surface area contributed by atoms with Gasteiger partial charge in [0.2, 0.25) is 5.91 Å². The van der Waals surface area contributed by atoms with Crippen LogP contribution in [0.4, 0.5) is 0 Å². The Balaban J connectivity index is 1.75. The first kappa shape index (κ1) is 14.8. The first-order chi connectivity index (χ1) is 10.8. The third-order valence-corrected chi connectivity index (χ3v) is 4.25. The molecule has 1 fully saturated rings. The average molecular weight is 298 g/mol. The van der Waals surface area contributed by atoms with Crippen LogP contribution < -0.4 is 0 Å². The van der Waals surface area contributed by atoms with Crippen LogP contribution in [-0.4, -0.2) is 38.4 Å². The molecule has 1 amide bonds. The second-order valence-corrected chi connectivity index (χ2v) is 5.77. The maximum absolute atomic E-state index is 11.9. The summed E-state index contributed by atoms with van der Waals surface area (Å²) in [6.07, 6.45) is 8.38. The quantitative estimate of drug-likeness (QED) is 0.871. The van der Waals surface area contributed by atoms with Gasteiger partial charge in [-0.2, -0.15) is 0 Å². The van der Waals surface area contributed by atoms with E-state index in [4.69, 9.17) is 0 Å². The van der Waals surface area contributed by atoms with E-state index in [0.29, 0.717) is 12.3 Å². The highest BCUT2D eigenvalue weighted by atomic mass is 16.2. The molecule has 1 saturated heterocycles. The summed E-state index contributed by atoms with van der Waals surface area (Å²) < 4.78 is 2.16. The Bertz CT molecular complexity index is 623. The zero-order valence-electron chi connectivity index (χ0n) is 13.0. The van der Waals surface area contributed by atoms with Crippen molar-refractivity contribution in [1.82, 2.24) is 19.4 Å². The van der Waals surface area contributed by atoms with E-state index in [1.165, 1.54) is 0 Å². The molecule has 0 bridgehead atoms. The van der Waals surface area contributed by atoms with Crippen LogP contribution in [-0.2, 0) is 11.3 Å². The molecular formula is C17H22N4O. The molecular weight excluding hydrogens is 276 g/mol. The molecule has 0 saturated carbocycles. The van der Waals surface area contributed by atoms with Gasteiger partial charge in [-0.1, -0.05) is 13.0 Å². The topological polar surface area (TPSA) is 51.0 Å². The summed E-state index contributed by atoms with van der Waals surface area (Å²) in [4.78, 5) is 22.9. The van der Waals surface area contributed by atoms with Crippen molar-refractivity contribution in [2.75, 3.05) is 13.1 Å². The number of likely N-dealkylation sites (tertiary alicyclic amines) is 1. The first-order valence-corrected chi connectivity index (χ1v) is 7.96. The van der Waals surface area contributed by atoms with Gasteiger partial charge in [-0.25, -0.2) is 4.98 Å². The number of amides is 1. The number of carbonyl (C=O) groups is 1. The van der Waals surface area contributed by atoms with Crippen molar-refractivity contribution in [3.63, 3.8) is 0 Å². The van der Waals surface area contributed by atoms with Crippen LogP contribution in [0.5, 0.6) is 0 Å². The minimum atomic E-state index is 0.243. The number of pyridine rings is 1. The number of aromatic nitrogens is 3. The van der Waals surface area contributed by atoms with Crippen LogP contribution in [0.15, 0.2) is 36.8 Å². The highest BCUT2D eigenvalue weighted by Crippen LogP contribution is 2.26. The third-order valence-electron chi connectivity index (χ3n) is 4.25. The van der Waals surface area contributed by atoms with Crippen molar-refractivity contribution in [3.05, 3.63) is 48.3 Å². The van der Waals surface area contributed by atoms with Crippen LogP contribution in [0.25, 0.3) is 0 Å². The zero-order valence-corrected chi connectivity index (χ0v) is 13.0. The van der Waals surface area contributed by atoms with E-state index < -0.39 is 0 Å². The van der Waals surface area contributed by atoms with E-state index in [2.05, 4.69) is 14.5 Å². The summed E-state index contributed by atoms with van der Waals surface area (Å²) in [7, 11) is 0. The molecule has 3 rings (SSSR count). The van der Waals surface area contributed by atoms with Gasteiger partial charge in [0.25, 0.3) is 0 Å². The fourth-order valence-electron chi connectivity index (χ4n) is 3.12. The number of piperidine rings is 1. The maximum Gasteiger partial charge on any atom is 0.222 e. The van der Waals surface area contributed by atoms with E-state index in [1.807, 2.05) is 48.6 Å². The molecule has 1 aliphatic heterocycles. The SMILES string of the molecule is CCC(=O)N1CCC[C@H](c2nccn2Cc2ccccn2)C1. The first-order valence-electron chi connectivity index (χ1n) is 7.96. The van der Waals surface area contributed by atoms with Gasteiger partial charge in [-0.05, 0) is 25.0 Å². The van der Waals surface area contributed by atoms with Gasteiger partial charge in [0.1, 0.15) is 5.82 Å². The molecule has 0 radical (unpaired) electrons. The Labute approximate surface area is 131 Å². The number of hydrogen-bond acceptors (Lipinski definition) is 3. The van der Waals surface area contributed by atoms with E-state index in [9.17, 15) is 4.79 Å². The molecule has 5 nitrogen and oxygen atoms in total. The summed E-state index contributed by atoms with van der Waals surface area (Å²) in [5, 5.41) is 0. The lowest BCUT2D eigenvalue weighted by molar-refractivity contribution is -0.132. The molecule has 0 aromatic carbocycles. The number of rotatable bonds is 4. The lowest BCUT2D eigenvalue weighted by Crippen LogP contribution is -2.39. The van der Waals surface area contributed by atoms with Crippen LogP contribution in [0.2, 0.25) is 0 Å². The second kappa shape index (κ2) is 6.73. The highest BCUT2D eigenvalue weighted by molar-refractivity contribution is 5.75. The molecule has 22 heavy (non-hydrogen) atoms. The summed E-state index contributed by atoms with van der Waals surface area (Å²) >= 11 is 0. The minimum Gasteiger partial charge on any atom is -0.342 e. The lowest BCUT2D eigenvalue weighted by Gasteiger charge is -2.32. The monoisotopic (exact) mass is 298 g/mol. The fourth-order valence-corrected chi connectivity index (χ4v) is 3.12. The van der Waals surface area contributed by atoms with Crippen molar-refractivity contribution < 1.29 is 4.79 Å².